The largest absolute Gasteiger partial charge is 0.458 e. The highest BCUT2D eigenvalue weighted by molar-refractivity contribution is 5.85. The molecule has 0 aliphatic carbocycles. The van der Waals surface area contributed by atoms with Gasteiger partial charge in [-0.1, -0.05) is 44.2 Å². The number of carbonyl (C=O) groups excluding carboxylic acids is 2. The van der Waals surface area contributed by atoms with E-state index in [2.05, 4.69) is 0 Å². The number of benzene rings is 1. The minimum absolute atomic E-state index is 0.0252. The number of carbonyl (C=O) groups is 2. The average Bonchev–Trinajstić information content (AvgIpc) is 2.76. The van der Waals surface area contributed by atoms with Gasteiger partial charge >= 0.3 is 12.1 Å². The van der Waals surface area contributed by atoms with Gasteiger partial charge in [0.2, 0.25) is 0 Å². The van der Waals surface area contributed by atoms with E-state index in [9.17, 15) is 9.59 Å². The van der Waals surface area contributed by atoms with Crippen molar-refractivity contribution in [1.29, 1.82) is 0 Å². The van der Waals surface area contributed by atoms with Gasteiger partial charge in [-0.05, 0) is 32.3 Å². The molecule has 1 heterocycles. The highest BCUT2D eigenvalue weighted by Gasteiger charge is 2.49. The van der Waals surface area contributed by atoms with Crippen LogP contribution in [0.5, 0.6) is 0 Å². The fourth-order valence-electron chi connectivity index (χ4n) is 2.61. The molecule has 1 aliphatic heterocycles. The maximum Gasteiger partial charge on any atom is 0.411 e. The number of hydrogen-bond donors (Lipinski definition) is 0. The molecule has 0 aromatic heterocycles. The molecule has 23 heavy (non-hydrogen) atoms. The van der Waals surface area contributed by atoms with Crippen LogP contribution in [0.3, 0.4) is 0 Å². The highest BCUT2D eigenvalue weighted by atomic mass is 16.6. The van der Waals surface area contributed by atoms with Gasteiger partial charge in [0.25, 0.3) is 0 Å². The van der Waals surface area contributed by atoms with Crippen LogP contribution < -0.4 is 0 Å². The normalized spacial score (nSPS) is 21.5. The zero-order chi connectivity index (χ0) is 17.2. The fraction of sp³-hybridized carbons (Fsp3) is 0.556. The Labute approximate surface area is 137 Å². The predicted molar refractivity (Wildman–Crippen MR) is 86.7 cm³/mol. The number of hydrogen-bond acceptors (Lipinski definition) is 4. The van der Waals surface area contributed by atoms with Crippen molar-refractivity contribution in [2.75, 3.05) is 0 Å². The molecule has 5 heteroatoms. The summed E-state index contributed by atoms with van der Waals surface area (Å²) in [4.78, 5) is 26.4. The maximum atomic E-state index is 12.6. The van der Waals surface area contributed by atoms with Crippen molar-refractivity contribution in [3.63, 3.8) is 0 Å². The summed E-state index contributed by atoms with van der Waals surface area (Å²) in [6, 6.07) is 8.83. The fourth-order valence-corrected chi connectivity index (χ4v) is 2.61. The molecule has 2 atom stereocenters. The Hall–Kier alpha value is -2.04. The lowest BCUT2D eigenvalue weighted by molar-refractivity contribution is -0.161. The first-order valence-electron chi connectivity index (χ1n) is 7.93. The van der Waals surface area contributed by atoms with Gasteiger partial charge < -0.3 is 9.47 Å². The highest BCUT2D eigenvalue weighted by Crippen LogP contribution is 2.29. The summed E-state index contributed by atoms with van der Waals surface area (Å²) in [7, 11) is 0. The minimum atomic E-state index is -0.720. The molecule has 0 N–H and O–H groups in total. The molecule has 0 spiro atoms. The molecule has 1 aliphatic rings. The van der Waals surface area contributed by atoms with Gasteiger partial charge in [-0.2, -0.15) is 0 Å². The third kappa shape index (κ3) is 4.24. The average molecular weight is 319 g/mol. The zero-order valence-corrected chi connectivity index (χ0v) is 14.4. The summed E-state index contributed by atoms with van der Waals surface area (Å²) in [6.45, 7) is 9.63. The Morgan fingerprint density at radius 2 is 1.87 bits per heavy atom. The molecule has 1 fully saturated rings. The summed E-state index contributed by atoms with van der Waals surface area (Å²) in [5.74, 6) is -0.393. The zero-order valence-electron chi connectivity index (χ0n) is 14.4. The lowest BCUT2D eigenvalue weighted by atomic mass is 9.99. The minimum Gasteiger partial charge on any atom is -0.458 e. The van der Waals surface area contributed by atoms with Gasteiger partial charge in [0.1, 0.15) is 11.7 Å². The molecular formula is C18H25NO4. The second-order valence-electron chi connectivity index (χ2n) is 7.18. The van der Waals surface area contributed by atoms with Crippen LogP contribution in [0.25, 0.3) is 0 Å². The monoisotopic (exact) mass is 319 g/mol. The lowest BCUT2D eigenvalue weighted by Crippen LogP contribution is -2.47. The maximum absolute atomic E-state index is 12.6. The Bertz CT molecular complexity index is 562. The van der Waals surface area contributed by atoms with Crippen molar-refractivity contribution in [1.82, 2.24) is 4.90 Å². The van der Waals surface area contributed by atoms with E-state index in [-0.39, 0.29) is 5.92 Å². The number of esters is 1. The number of amides is 1. The Morgan fingerprint density at radius 3 is 2.39 bits per heavy atom. The van der Waals surface area contributed by atoms with Crippen molar-refractivity contribution in [3.05, 3.63) is 35.9 Å². The molecule has 1 aromatic rings. The second kappa shape index (κ2) is 6.60. The van der Waals surface area contributed by atoms with E-state index in [1.54, 1.807) is 0 Å². The third-order valence-corrected chi connectivity index (χ3v) is 3.62. The number of rotatable bonds is 4. The van der Waals surface area contributed by atoms with Crippen LogP contribution in [0, 0.1) is 5.92 Å². The van der Waals surface area contributed by atoms with E-state index in [1.807, 2.05) is 65.0 Å². The standard InChI is InChI=1S/C18H25NO4/c1-12(2)15-14(16(20)23-18(3,4)5)19(17(21)22-15)11-13-9-7-6-8-10-13/h6-10,12,14-15H,11H2,1-5H3/t14-,15+/m1/s1. The summed E-state index contributed by atoms with van der Waals surface area (Å²) in [6.07, 6.45) is -0.968. The van der Waals surface area contributed by atoms with Gasteiger partial charge in [-0.3, -0.25) is 4.90 Å². The molecule has 0 bridgehead atoms. The molecule has 0 radical (unpaired) electrons. The number of ether oxygens (including phenoxy) is 2. The van der Waals surface area contributed by atoms with Crippen LogP contribution >= 0.6 is 0 Å². The smallest absolute Gasteiger partial charge is 0.411 e. The lowest BCUT2D eigenvalue weighted by Gasteiger charge is -2.28. The van der Waals surface area contributed by atoms with Crippen molar-refractivity contribution in [2.45, 2.75) is 58.9 Å². The third-order valence-electron chi connectivity index (χ3n) is 3.62. The summed E-state index contributed by atoms with van der Waals surface area (Å²) < 4.78 is 10.9. The number of nitrogens with zero attached hydrogens (tertiary/aromatic N) is 1. The van der Waals surface area contributed by atoms with Crippen LogP contribution in [0.1, 0.15) is 40.2 Å². The Morgan fingerprint density at radius 1 is 1.26 bits per heavy atom. The van der Waals surface area contributed by atoms with E-state index in [0.29, 0.717) is 6.54 Å². The van der Waals surface area contributed by atoms with E-state index in [4.69, 9.17) is 9.47 Å². The van der Waals surface area contributed by atoms with E-state index in [0.717, 1.165) is 5.56 Å². The first-order valence-corrected chi connectivity index (χ1v) is 7.93. The topological polar surface area (TPSA) is 55.8 Å². The summed E-state index contributed by atoms with van der Waals surface area (Å²) in [5, 5.41) is 0. The van der Waals surface area contributed by atoms with Crippen LogP contribution in [-0.2, 0) is 20.8 Å². The van der Waals surface area contributed by atoms with E-state index < -0.39 is 29.8 Å². The molecule has 5 nitrogen and oxygen atoms in total. The van der Waals surface area contributed by atoms with Crippen LogP contribution in [-0.4, -0.2) is 34.7 Å². The van der Waals surface area contributed by atoms with Crippen LogP contribution in [0.4, 0.5) is 4.79 Å². The first-order chi connectivity index (χ1) is 10.7. The van der Waals surface area contributed by atoms with Crippen molar-refractivity contribution in [3.8, 4) is 0 Å². The second-order valence-corrected chi connectivity index (χ2v) is 7.18. The summed E-state index contributed by atoms with van der Waals surface area (Å²) >= 11 is 0. The van der Waals surface area contributed by atoms with E-state index in [1.165, 1.54) is 4.90 Å². The van der Waals surface area contributed by atoms with Crippen molar-refractivity contribution >= 4 is 12.1 Å². The van der Waals surface area contributed by atoms with Crippen LogP contribution in [0.2, 0.25) is 0 Å². The molecule has 1 aromatic carbocycles. The van der Waals surface area contributed by atoms with Gasteiger partial charge in [-0.15, -0.1) is 0 Å². The molecule has 126 valence electrons. The molecular weight excluding hydrogens is 294 g/mol. The molecule has 2 rings (SSSR count). The molecule has 0 saturated carbocycles. The molecule has 1 saturated heterocycles. The molecule has 1 amide bonds. The Kier molecular flexibility index (Phi) is 4.97. The first kappa shape index (κ1) is 17.3. The Balaban J connectivity index is 2.26. The summed E-state index contributed by atoms with van der Waals surface area (Å²) in [5.41, 5.74) is 0.338. The van der Waals surface area contributed by atoms with Crippen molar-refractivity contribution < 1.29 is 19.1 Å². The number of cyclic esters (lactones) is 1. The van der Waals surface area contributed by atoms with Crippen LogP contribution in [0.15, 0.2) is 30.3 Å². The van der Waals surface area contributed by atoms with Gasteiger partial charge in [0.05, 0.1) is 6.54 Å². The quantitative estimate of drug-likeness (QED) is 0.798. The van der Waals surface area contributed by atoms with Gasteiger partial charge in [-0.25, -0.2) is 9.59 Å². The predicted octanol–water partition coefficient (Wildman–Crippen LogP) is 3.37. The van der Waals surface area contributed by atoms with Gasteiger partial charge in [0.15, 0.2) is 6.04 Å². The van der Waals surface area contributed by atoms with E-state index >= 15 is 0 Å². The molecule has 0 unspecified atom stereocenters. The van der Waals surface area contributed by atoms with Gasteiger partial charge in [0, 0.05) is 0 Å². The van der Waals surface area contributed by atoms with Crippen molar-refractivity contribution in [2.24, 2.45) is 5.92 Å². The SMILES string of the molecule is CC(C)[C@@H]1OC(=O)N(Cc2ccccc2)[C@H]1C(=O)OC(C)(C)C.